The molecule has 0 saturated carbocycles. The van der Waals surface area contributed by atoms with E-state index in [4.69, 9.17) is 5.73 Å². The third-order valence-electron chi connectivity index (χ3n) is 2.44. The zero-order valence-corrected chi connectivity index (χ0v) is 8.67. The summed E-state index contributed by atoms with van der Waals surface area (Å²) in [6, 6.07) is 8.05. The van der Waals surface area contributed by atoms with Gasteiger partial charge in [0.2, 0.25) is 0 Å². The molecule has 4 nitrogen and oxygen atoms in total. The second kappa shape index (κ2) is 4.23. The van der Waals surface area contributed by atoms with Crippen molar-refractivity contribution >= 4 is 0 Å². The minimum absolute atomic E-state index is 0.0467. The Balaban J connectivity index is 2.47. The van der Waals surface area contributed by atoms with E-state index in [9.17, 15) is 0 Å². The maximum Gasteiger partial charge on any atom is 0.138 e. The molecule has 2 aromatic rings. The maximum atomic E-state index is 6.04. The van der Waals surface area contributed by atoms with Crippen molar-refractivity contribution in [3.05, 3.63) is 42.5 Å². The second-order valence-corrected chi connectivity index (χ2v) is 3.41. The Labute approximate surface area is 88.8 Å². The summed E-state index contributed by atoms with van der Waals surface area (Å²) in [5.74, 6) is 0. The lowest BCUT2D eigenvalue weighted by molar-refractivity contribution is 0.686. The Kier molecular flexibility index (Phi) is 2.78. The first kappa shape index (κ1) is 9.86. The van der Waals surface area contributed by atoms with E-state index in [0.29, 0.717) is 0 Å². The summed E-state index contributed by atoms with van der Waals surface area (Å²) in [6.07, 6.45) is 4.11. The molecular weight excluding hydrogens is 188 g/mol. The average molecular weight is 202 g/mol. The van der Waals surface area contributed by atoms with Crippen molar-refractivity contribution in [3.8, 4) is 5.69 Å². The van der Waals surface area contributed by atoms with E-state index >= 15 is 0 Å². The van der Waals surface area contributed by atoms with Crippen molar-refractivity contribution in [2.45, 2.75) is 19.4 Å². The third-order valence-corrected chi connectivity index (χ3v) is 2.44. The number of hydrogen-bond acceptors (Lipinski definition) is 3. The molecule has 78 valence electrons. The van der Waals surface area contributed by atoms with E-state index < -0.39 is 0 Å². The van der Waals surface area contributed by atoms with Crippen molar-refractivity contribution < 1.29 is 0 Å². The summed E-state index contributed by atoms with van der Waals surface area (Å²) in [5, 5.41) is 4.11. The van der Waals surface area contributed by atoms with Crippen molar-refractivity contribution in [2.24, 2.45) is 5.73 Å². The minimum atomic E-state index is 0.0467. The van der Waals surface area contributed by atoms with Crippen molar-refractivity contribution in [1.29, 1.82) is 0 Å². The molecule has 0 aliphatic heterocycles. The summed E-state index contributed by atoms with van der Waals surface area (Å²) in [7, 11) is 0. The highest BCUT2D eigenvalue weighted by atomic mass is 15.3. The van der Waals surface area contributed by atoms with Crippen LogP contribution in [0, 0.1) is 0 Å². The predicted octanol–water partition coefficient (Wildman–Crippen LogP) is 1.68. The fourth-order valence-corrected chi connectivity index (χ4v) is 1.56. The van der Waals surface area contributed by atoms with Crippen molar-refractivity contribution in [1.82, 2.24) is 14.8 Å². The highest BCUT2D eigenvalue weighted by Crippen LogP contribution is 2.20. The van der Waals surface area contributed by atoms with Gasteiger partial charge >= 0.3 is 0 Å². The summed E-state index contributed by atoms with van der Waals surface area (Å²) in [6.45, 7) is 2.07. The fourth-order valence-electron chi connectivity index (χ4n) is 1.56. The maximum absolute atomic E-state index is 6.04. The van der Waals surface area contributed by atoms with E-state index in [2.05, 4.69) is 17.0 Å². The van der Waals surface area contributed by atoms with Gasteiger partial charge in [-0.15, -0.1) is 0 Å². The monoisotopic (exact) mass is 202 g/mol. The Hall–Kier alpha value is -1.68. The van der Waals surface area contributed by atoms with Gasteiger partial charge in [0.1, 0.15) is 12.7 Å². The number of nitrogens with zero attached hydrogens (tertiary/aromatic N) is 3. The van der Waals surface area contributed by atoms with Crippen LogP contribution < -0.4 is 5.73 Å². The molecule has 0 spiro atoms. The Morgan fingerprint density at radius 3 is 2.87 bits per heavy atom. The van der Waals surface area contributed by atoms with Gasteiger partial charge in [-0.3, -0.25) is 0 Å². The molecule has 1 aromatic heterocycles. The zero-order chi connectivity index (χ0) is 10.7. The summed E-state index contributed by atoms with van der Waals surface area (Å²) in [5.41, 5.74) is 8.15. The van der Waals surface area contributed by atoms with Crippen LogP contribution in [0.15, 0.2) is 36.9 Å². The molecule has 1 atom stereocenters. The second-order valence-electron chi connectivity index (χ2n) is 3.41. The fraction of sp³-hybridized carbons (Fsp3) is 0.273. The highest BCUT2D eigenvalue weighted by Gasteiger charge is 2.09. The SMILES string of the molecule is CCC(N)c1ccccc1-n1cncn1. The molecule has 0 amide bonds. The van der Waals surface area contributed by atoms with E-state index in [1.54, 1.807) is 11.0 Å². The van der Waals surface area contributed by atoms with Gasteiger partial charge < -0.3 is 5.73 Å². The van der Waals surface area contributed by atoms with Gasteiger partial charge in [0, 0.05) is 6.04 Å². The number of nitrogens with two attached hydrogens (primary N) is 1. The van der Waals surface area contributed by atoms with E-state index in [-0.39, 0.29) is 6.04 Å². The van der Waals surface area contributed by atoms with Gasteiger partial charge in [0.25, 0.3) is 0 Å². The number of benzene rings is 1. The lowest BCUT2D eigenvalue weighted by Gasteiger charge is -2.13. The van der Waals surface area contributed by atoms with Gasteiger partial charge in [-0.25, -0.2) is 9.67 Å². The smallest absolute Gasteiger partial charge is 0.138 e. The molecular formula is C11H14N4. The molecule has 1 aromatic carbocycles. The van der Waals surface area contributed by atoms with Crippen LogP contribution in [0.25, 0.3) is 5.69 Å². The molecule has 0 radical (unpaired) electrons. The number of aromatic nitrogens is 3. The molecule has 0 aliphatic rings. The van der Waals surface area contributed by atoms with E-state index in [1.165, 1.54) is 6.33 Å². The highest BCUT2D eigenvalue weighted by molar-refractivity contribution is 5.41. The van der Waals surface area contributed by atoms with Gasteiger partial charge in [-0.2, -0.15) is 5.10 Å². The molecule has 0 bridgehead atoms. The third kappa shape index (κ3) is 1.89. The van der Waals surface area contributed by atoms with Crippen LogP contribution >= 0.6 is 0 Å². The largest absolute Gasteiger partial charge is 0.324 e. The van der Waals surface area contributed by atoms with Crippen LogP contribution in [0.5, 0.6) is 0 Å². The average Bonchev–Trinajstić information content (AvgIpc) is 2.81. The number of para-hydroxylation sites is 1. The topological polar surface area (TPSA) is 56.7 Å². The molecule has 0 saturated heterocycles. The molecule has 4 heteroatoms. The van der Waals surface area contributed by atoms with Gasteiger partial charge in [0.15, 0.2) is 0 Å². The van der Waals surface area contributed by atoms with Crippen molar-refractivity contribution in [2.75, 3.05) is 0 Å². The Morgan fingerprint density at radius 2 is 2.20 bits per heavy atom. The van der Waals surface area contributed by atoms with Crippen LogP contribution in [0.3, 0.4) is 0 Å². The molecule has 1 heterocycles. The van der Waals surface area contributed by atoms with Gasteiger partial charge in [0.05, 0.1) is 5.69 Å². The Morgan fingerprint density at radius 1 is 1.40 bits per heavy atom. The first-order valence-corrected chi connectivity index (χ1v) is 5.02. The van der Waals surface area contributed by atoms with Crippen LogP contribution in [-0.2, 0) is 0 Å². The lowest BCUT2D eigenvalue weighted by Crippen LogP contribution is -2.12. The minimum Gasteiger partial charge on any atom is -0.324 e. The van der Waals surface area contributed by atoms with Gasteiger partial charge in [-0.1, -0.05) is 25.1 Å². The van der Waals surface area contributed by atoms with E-state index in [1.807, 2.05) is 24.3 Å². The molecule has 2 N–H and O–H groups in total. The van der Waals surface area contributed by atoms with Gasteiger partial charge in [-0.05, 0) is 18.1 Å². The van der Waals surface area contributed by atoms with E-state index in [0.717, 1.165) is 17.7 Å². The molecule has 0 fully saturated rings. The summed E-state index contributed by atoms with van der Waals surface area (Å²) >= 11 is 0. The van der Waals surface area contributed by atoms with Crippen LogP contribution in [0.4, 0.5) is 0 Å². The predicted molar refractivity (Wildman–Crippen MR) is 58.6 cm³/mol. The number of rotatable bonds is 3. The summed E-state index contributed by atoms with van der Waals surface area (Å²) in [4.78, 5) is 3.94. The number of hydrogen-bond donors (Lipinski definition) is 1. The quantitative estimate of drug-likeness (QED) is 0.823. The lowest BCUT2D eigenvalue weighted by atomic mass is 10.0. The summed E-state index contributed by atoms with van der Waals surface area (Å²) < 4.78 is 1.74. The van der Waals surface area contributed by atoms with Crippen molar-refractivity contribution in [3.63, 3.8) is 0 Å². The Bertz CT molecular complexity index is 422. The molecule has 2 rings (SSSR count). The standard InChI is InChI=1S/C11H14N4/c1-2-10(12)9-5-3-4-6-11(9)15-8-13-7-14-15/h3-8,10H,2,12H2,1H3. The normalized spacial score (nSPS) is 12.7. The first-order chi connectivity index (χ1) is 7.33. The molecule has 0 aliphatic carbocycles. The first-order valence-electron chi connectivity index (χ1n) is 5.02. The van der Waals surface area contributed by atoms with Crippen LogP contribution in [-0.4, -0.2) is 14.8 Å². The van der Waals surface area contributed by atoms with Crippen LogP contribution in [0.2, 0.25) is 0 Å². The molecule has 1 unspecified atom stereocenters. The zero-order valence-electron chi connectivity index (χ0n) is 8.67. The molecule has 15 heavy (non-hydrogen) atoms. The van der Waals surface area contributed by atoms with Crippen LogP contribution in [0.1, 0.15) is 24.9 Å².